The van der Waals surface area contributed by atoms with Gasteiger partial charge in [-0.15, -0.1) is 0 Å². The van der Waals surface area contributed by atoms with E-state index in [2.05, 4.69) is 22.1 Å². The summed E-state index contributed by atoms with van der Waals surface area (Å²) in [7, 11) is 0. The molecule has 0 aliphatic heterocycles. The third-order valence-electron chi connectivity index (χ3n) is 2.77. The molecule has 2 N–H and O–H groups in total. The number of hydrogen-bond acceptors (Lipinski definition) is 5. The molecule has 0 aliphatic carbocycles. The second-order valence-corrected chi connectivity index (χ2v) is 5.02. The fourth-order valence-corrected chi connectivity index (χ4v) is 2.73. The molecule has 1 aromatic carbocycles. The first-order chi connectivity index (χ1) is 9.36. The van der Waals surface area contributed by atoms with Gasteiger partial charge in [-0.05, 0) is 42.4 Å². The summed E-state index contributed by atoms with van der Waals surface area (Å²) in [6.45, 7) is 0.596. The summed E-state index contributed by atoms with van der Waals surface area (Å²) in [5, 5.41) is 2.63. The molecule has 2 heterocycles. The smallest absolute Gasteiger partial charge is 0.261 e. The van der Waals surface area contributed by atoms with Crippen molar-refractivity contribution in [2.45, 2.75) is 16.7 Å². The molecule has 0 fully saturated rings. The van der Waals surface area contributed by atoms with Crippen LogP contribution < -0.4 is 5.73 Å². The monoisotopic (exact) mass is 271 g/mol. The van der Waals surface area contributed by atoms with Crippen LogP contribution in [-0.4, -0.2) is 16.5 Å². The van der Waals surface area contributed by atoms with Gasteiger partial charge >= 0.3 is 0 Å². The van der Waals surface area contributed by atoms with Crippen LogP contribution in [0.5, 0.6) is 0 Å². The van der Waals surface area contributed by atoms with Crippen LogP contribution in [0.4, 0.5) is 0 Å². The molecular weight excluding hydrogens is 258 g/mol. The average molecular weight is 271 g/mol. The lowest BCUT2D eigenvalue weighted by atomic mass is 10.1. The van der Waals surface area contributed by atoms with Crippen molar-refractivity contribution in [2.24, 2.45) is 5.73 Å². The van der Waals surface area contributed by atoms with E-state index in [0.29, 0.717) is 11.8 Å². The molecule has 2 aromatic heterocycles. The zero-order valence-electron chi connectivity index (χ0n) is 10.2. The van der Waals surface area contributed by atoms with E-state index < -0.39 is 0 Å². The van der Waals surface area contributed by atoms with Crippen LogP contribution >= 0.6 is 11.8 Å². The molecule has 0 aliphatic rings. The molecule has 0 saturated carbocycles. The molecule has 0 unspecified atom stereocenters. The van der Waals surface area contributed by atoms with Crippen molar-refractivity contribution in [1.29, 1.82) is 0 Å². The normalized spacial score (nSPS) is 11.0. The zero-order chi connectivity index (χ0) is 13.1. The first-order valence-corrected chi connectivity index (χ1v) is 6.84. The van der Waals surface area contributed by atoms with E-state index in [4.69, 9.17) is 10.2 Å². The van der Waals surface area contributed by atoms with Crippen molar-refractivity contribution in [2.75, 3.05) is 6.54 Å². The van der Waals surface area contributed by atoms with Gasteiger partial charge in [0, 0.05) is 5.39 Å². The van der Waals surface area contributed by atoms with Gasteiger partial charge in [0.05, 0.1) is 11.7 Å². The van der Waals surface area contributed by atoms with E-state index in [9.17, 15) is 0 Å². The van der Waals surface area contributed by atoms with E-state index in [1.54, 1.807) is 12.5 Å². The molecule has 5 heteroatoms. The quantitative estimate of drug-likeness (QED) is 0.790. The molecular formula is C14H13N3OS. The Morgan fingerprint density at radius 1 is 1.26 bits per heavy atom. The van der Waals surface area contributed by atoms with Crippen molar-refractivity contribution in [3.8, 4) is 0 Å². The highest BCUT2D eigenvalue weighted by molar-refractivity contribution is 7.99. The molecule has 0 spiro atoms. The first-order valence-electron chi connectivity index (χ1n) is 6.03. The van der Waals surface area contributed by atoms with Crippen LogP contribution in [0.15, 0.2) is 57.5 Å². The Morgan fingerprint density at radius 3 is 2.95 bits per heavy atom. The maximum Gasteiger partial charge on any atom is 0.261 e. The summed E-state index contributed by atoms with van der Waals surface area (Å²) in [6, 6.07) is 10.2. The van der Waals surface area contributed by atoms with Crippen molar-refractivity contribution >= 4 is 22.7 Å². The van der Waals surface area contributed by atoms with E-state index >= 15 is 0 Å². The lowest BCUT2D eigenvalue weighted by Gasteiger charge is -2.07. The van der Waals surface area contributed by atoms with Gasteiger partial charge in [0.25, 0.3) is 5.22 Å². The van der Waals surface area contributed by atoms with Crippen molar-refractivity contribution < 1.29 is 4.42 Å². The number of benzene rings is 1. The van der Waals surface area contributed by atoms with Gasteiger partial charge in [-0.3, -0.25) is 0 Å². The van der Waals surface area contributed by atoms with Crippen LogP contribution in [0, 0.1) is 0 Å². The van der Waals surface area contributed by atoms with Crippen LogP contribution in [-0.2, 0) is 6.42 Å². The number of aromatic nitrogens is 2. The molecule has 0 atom stereocenters. The molecule has 4 nitrogen and oxygen atoms in total. The predicted octanol–water partition coefficient (Wildman–Crippen LogP) is 2.88. The summed E-state index contributed by atoms with van der Waals surface area (Å²) in [5.74, 6) is 0. The average Bonchev–Trinajstić information content (AvgIpc) is 2.93. The van der Waals surface area contributed by atoms with E-state index in [1.807, 2.05) is 18.2 Å². The maximum atomic E-state index is 5.67. The summed E-state index contributed by atoms with van der Waals surface area (Å²) < 4.78 is 5.26. The third kappa shape index (κ3) is 2.62. The highest BCUT2D eigenvalue weighted by Gasteiger charge is 2.10. The Bertz CT molecular complexity index is 682. The minimum Gasteiger partial charge on any atom is -0.440 e. The first kappa shape index (κ1) is 12.2. The van der Waals surface area contributed by atoms with E-state index in [1.165, 1.54) is 11.8 Å². The topological polar surface area (TPSA) is 64.9 Å². The number of rotatable bonds is 4. The van der Waals surface area contributed by atoms with Gasteiger partial charge in [-0.2, -0.15) is 0 Å². The molecule has 0 saturated heterocycles. The summed E-state index contributed by atoms with van der Waals surface area (Å²) >= 11 is 1.43. The standard InChI is InChI=1S/C14H13N3OS/c15-6-5-11-9-10-3-1-2-4-12(10)17-13(11)19-14-16-7-8-18-14/h1-4,7-9H,5-6,15H2. The number of oxazole rings is 1. The second kappa shape index (κ2) is 5.42. The van der Waals surface area contributed by atoms with Gasteiger partial charge in [0.1, 0.15) is 11.3 Å². The van der Waals surface area contributed by atoms with Crippen LogP contribution in [0.25, 0.3) is 10.9 Å². The molecule has 3 rings (SSSR count). The van der Waals surface area contributed by atoms with E-state index in [0.717, 1.165) is 27.9 Å². The lowest BCUT2D eigenvalue weighted by Crippen LogP contribution is -2.04. The molecule has 0 amide bonds. The van der Waals surface area contributed by atoms with Crippen molar-refractivity contribution in [3.05, 3.63) is 48.4 Å². The Labute approximate surface area is 115 Å². The second-order valence-electron chi connectivity index (χ2n) is 4.08. The van der Waals surface area contributed by atoms with Gasteiger partial charge < -0.3 is 10.2 Å². The van der Waals surface area contributed by atoms with Crippen LogP contribution in [0.2, 0.25) is 0 Å². The Hall–Kier alpha value is -1.85. The minimum atomic E-state index is 0.596. The summed E-state index contributed by atoms with van der Waals surface area (Å²) in [6.07, 6.45) is 3.98. The van der Waals surface area contributed by atoms with Crippen molar-refractivity contribution in [1.82, 2.24) is 9.97 Å². The van der Waals surface area contributed by atoms with Gasteiger partial charge in [-0.1, -0.05) is 18.2 Å². The number of fused-ring (bicyclic) bond motifs is 1. The number of hydrogen-bond donors (Lipinski definition) is 1. The van der Waals surface area contributed by atoms with Gasteiger partial charge in [-0.25, -0.2) is 9.97 Å². The molecule has 19 heavy (non-hydrogen) atoms. The van der Waals surface area contributed by atoms with Crippen LogP contribution in [0.3, 0.4) is 0 Å². The number of nitrogens with two attached hydrogens (primary N) is 1. The Morgan fingerprint density at radius 2 is 2.16 bits per heavy atom. The van der Waals surface area contributed by atoms with Crippen LogP contribution in [0.1, 0.15) is 5.56 Å². The largest absolute Gasteiger partial charge is 0.440 e. The Kier molecular flexibility index (Phi) is 3.48. The van der Waals surface area contributed by atoms with Gasteiger partial charge in [0.15, 0.2) is 0 Å². The summed E-state index contributed by atoms with van der Waals surface area (Å²) in [4.78, 5) is 8.79. The molecule has 0 bridgehead atoms. The maximum absolute atomic E-state index is 5.67. The van der Waals surface area contributed by atoms with Crippen molar-refractivity contribution in [3.63, 3.8) is 0 Å². The lowest BCUT2D eigenvalue weighted by molar-refractivity contribution is 0.454. The highest BCUT2D eigenvalue weighted by atomic mass is 32.2. The van der Waals surface area contributed by atoms with E-state index in [-0.39, 0.29) is 0 Å². The number of pyridine rings is 1. The fourth-order valence-electron chi connectivity index (χ4n) is 1.91. The fraction of sp³-hybridized carbons (Fsp3) is 0.143. The number of nitrogens with zero attached hydrogens (tertiary/aromatic N) is 2. The third-order valence-corrected chi connectivity index (χ3v) is 3.69. The number of para-hydroxylation sites is 1. The molecule has 3 aromatic rings. The Balaban J connectivity index is 2.06. The zero-order valence-corrected chi connectivity index (χ0v) is 11.1. The SMILES string of the molecule is NCCc1cc2ccccc2nc1Sc1ncco1. The minimum absolute atomic E-state index is 0.596. The van der Waals surface area contributed by atoms with Gasteiger partial charge in [0.2, 0.25) is 0 Å². The predicted molar refractivity (Wildman–Crippen MR) is 75.1 cm³/mol. The molecule has 0 radical (unpaired) electrons. The summed E-state index contributed by atoms with van der Waals surface area (Å²) in [5.41, 5.74) is 7.77. The molecule has 96 valence electrons. The highest BCUT2D eigenvalue weighted by Crippen LogP contribution is 2.30.